The molecule has 0 radical (unpaired) electrons. The highest BCUT2D eigenvalue weighted by atomic mass is 32.2. The Morgan fingerprint density at radius 2 is 2.00 bits per heavy atom. The molecular weight excluding hydrogens is 220 g/mol. The predicted molar refractivity (Wildman–Crippen MR) is 58.0 cm³/mol. The van der Waals surface area contributed by atoms with E-state index in [0.717, 1.165) is 12.7 Å². The number of carbonyl (C=O) groups excluding carboxylic acids is 1. The Hall–Kier alpha value is -0.720. The van der Waals surface area contributed by atoms with Gasteiger partial charge in [-0.1, -0.05) is 13.0 Å². The van der Waals surface area contributed by atoms with Crippen molar-refractivity contribution in [3.8, 4) is 0 Å². The molecule has 0 aromatic rings. The number of allylic oxidation sites excluding steroid dienone is 1. The van der Waals surface area contributed by atoms with Crippen LogP contribution in [0.3, 0.4) is 0 Å². The molecule has 0 saturated heterocycles. The van der Waals surface area contributed by atoms with E-state index < -0.39 is 10.1 Å². The molecule has 90 valence electrons. The molecule has 0 spiro atoms. The highest BCUT2D eigenvalue weighted by molar-refractivity contribution is 7.85. The van der Waals surface area contributed by atoms with Crippen LogP contribution in [0.2, 0.25) is 0 Å². The molecule has 5 nitrogen and oxygen atoms in total. The van der Waals surface area contributed by atoms with Crippen LogP contribution in [0.15, 0.2) is 12.2 Å². The van der Waals surface area contributed by atoms with Gasteiger partial charge in [-0.05, 0) is 18.9 Å². The fourth-order valence-corrected chi connectivity index (χ4v) is 0.930. The monoisotopic (exact) mass is 238 g/mol. The molecule has 0 rings (SSSR count). The van der Waals surface area contributed by atoms with Gasteiger partial charge in [0, 0.05) is 6.61 Å². The molecule has 0 aliphatic heterocycles. The topological polar surface area (TPSA) is 80.7 Å². The minimum Gasteiger partial charge on any atom is -0.396 e. The number of rotatable bonds is 6. The first-order valence-electron chi connectivity index (χ1n) is 4.53. The van der Waals surface area contributed by atoms with Crippen molar-refractivity contribution in [2.24, 2.45) is 0 Å². The van der Waals surface area contributed by atoms with Gasteiger partial charge < -0.3 is 5.11 Å². The standard InChI is InChI=1S/C5H8O2.C4H10O3S/c6-4-2-1-3-5-7;1-3-4-7-8(2,5)6/h1-2,4,7H,3,5H2;3-4H2,1-2H3. The minimum atomic E-state index is -3.19. The van der Waals surface area contributed by atoms with E-state index >= 15 is 0 Å². The lowest BCUT2D eigenvalue weighted by Crippen LogP contribution is -2.02. The van der Waals surface area contributed by atoms with Gasteiger partial charge in [-0.2, -0.15) is 8.42 Å². The van der Waals surface area contributed by atoms with E-state index in [2.05, 4.69) is 4.18 Å². The summed E-state index contributed by atoms with van der Waals surface area (Å²) in [5.41, 5.74) is 0. The maximum Gasteiger partial charge on any atom is 0.264 e. The van der Waals surface area contributed by atoms with Crippen LogP contribution in [0.5, 0.6) is 0 Å². The van der Waals surface area contributed by atoms with Crippen molar-refractivity contribution < 1.29 is 22.5 Å². The highest BCUT2D eigenvalue weighted by Crippen LogP contribution is 1.86. The summed E-state index contributed by atoms with van der Waals surface area (Å²) >= 11 is 0. The van der Waals surface area contributed by atoms with Crippen molar-refractivity contribution in [3.63, 3.8) is 0 Å². The Morgan fingerprint density at radius 3 is 2.27 bits per heavy atom. The minimum absolute atomic E-state index is 0.115. The second-order valence-electron chi connectivity index (χ2n) is 2.60. The normalized spacial score (nSPS) is 10.9. The molecule has 0 aromatic carbocycles. The van der Waals surface area contributed by atoms with Gasteiger partial charge in [-0.15, -0.1) is 0 Å². The summed E-state index contributed by atoms with van der Waals surface area (Å²) in [7, 11) is -3.19. The summed E-state index contributed by atoms with van der Waals surface area (Å²) in [6, 6.07) is 0. The maximum absolute atomic E-state index is 10.2. The molecule has 6 heteroatoms. The van der Waals surface area contributed by atoms with Gasteiger partial charge in [0.15, 0.2) is 0 Å². The summed E-state index contributed by atoms with van der Waals surface area (Å²) in [5.74, 6) is 0. The molecule has 0 bridgehead atoms. The van der Waals surface area contributed by atoms with Crippen molar-refractivity contribution in [2.45, 2.75) is 19.8 Å². The third kappa shape index (κ3) is 24.6. The van der Waals surface area contributed by atoms with Crippen LogP contribution in [-0.2, 0) is 19.1 Å². The number of aliphatic hydroxyl groups excluding tert-OH is 1. The Balaban J connectivity index is 0. The van der Waals surface area contributed by atoms with E-state index in [9.17, 15) is 13.2 Å². The van der Waals surface area contributed by atoms with E-state index in [1.165, 1.54) is 6.08 Å². The molecule has 0 heterocycles. The fraction of sp³-hybridized carbons (Fsp3) is 0.667. The van der Waals surface area contributed by atoms with Gasteiger partial charge in [0.1, 0.15) is 6.29 Å². The van der Waals surface area contributed by atoms with Crippen LogP contribution in [-0.4, -0.2) is 39.3 Å². The second kappa shape index (κ2) is 11.4. The zero-order chi connectivity index (χ0) is 12.2. The molecule has 0 fully saturated rings. The number of hydrogen-bond donors (Lipinski definition) is 1. The van der Waals surface area contributed by atoms with E-state index in [0.29, 0.717) is 19.3 Å². The van der Waals surface area contributed by atoms with Gasteiger partial charge in [-0.3, -0.25) is 8.98 Å². The lowest BCUT2D eigenvalue weighted by atomic mass is 10.4. The van der Waals surface area contributed by atoms with Gasteiger partial charge >= 0.3 is 0 Å². The molecule has 0 aliphatic rings. The fourth-order valence-electron chi connectivity index (χ4n) is 0.461. The quantitative estimate of drug-likeness (QED) is 0.414. The summed E-state index contributed by atoms with van der Waals surface area (Å²) in [6.45, 7) is 2.26. The molecule has 0 amide bonds. The summed E-state index contributed by atoms with van der Waals surface area (Å²) in [6.07, 6.45) is 6.02. The first kappa shape index (κ1) is 16.7. The smallest absolute Gasteiger partial charge is 0.264 e. The predicted octanol–water partition coefficient (Wildman–Crippen LogP) is 0.496. The maximum atomic E-state index is 10.2. The number of hydrogen-bond acceptors (Lipinski definition) is 5. The number of aliphatic hydroxyl groups is 1. The van der Waals surface area contributed by atoms with Gasteiger partial charge in [0.05, 0.1) is 12.9 Å². The zero-order valence-electron chi connectivity index (χ0n) is 9.05. The Bertz CT molecular complexity index is 256. The molecule has 1 N–H and O–H groups in total. The highest BCUT2D eigenvalue weighted by Gasteiger charge is 1.96. The Kier molecular flexibility index (Phi) is 12.6. The molecule has 15 heavy (non-hydrogen) atoms. The summed E-state index contributed by atoms with van der Waals surface area (Å²) in [4.78, 5) is 9.51. The molecule has 0 unspecified atom stereocenters. The van der Waals surface area contributed by atoms with Crippen molar-refractivity contribution in [1.82, 2.24) is 0 Å². The molecule has 0 aliphatic carbocycles. The molecule has 0 saturated carbocycles. The van der Waals surface area contributed by atoms with Crippen LogP contribution in [0, 0.1) is 0 Å². The van der Waals surface area contributed by atoms with Crippen molar-refractivity contribution >= 4 is 16.4 Å². The lowest BCUT2D eigenvalue weighted by Gasteiger charge is -1.94. The Labute approximate surface area is 90.9 Å². The lowest BCUT2D eigenvalue weighted by molar-refractivity contribution is -0.104. The van der Waals surface area contributed by atoms with Crippen LogP contribution in [0.4, 0.5) is 0 Å². The average molecular weight is 238 g/mol. The second-order valence-corrected chi connectivity index (χ2v) is 4.25. The van der Waals surface area contributed by atoms with E-state index in [-0.39, 0.29) is 6.61 Å². The third-order valence-electron chi connectivity index (χ3n) is 1.01. The van der Waals surface area contributed by atoms with Crippen molar-refractivity contribution in [2.75, 3.05) is 19.5 Å². The summed E-state index contributed by atoms with van der Waals surface area (Å²) < 4.78 is 24.7. The first-order chi connectivity index (χ1) is 6.97. The van der Waals surface area contributed by atoms with Gasteiger partial charge in [0.2, 0.25) is 0 Å². The van der Waals surface area contributed by atoms with Gasteiger partial charge in [-0.25, -0.2) is 0 Å². The molecule has 0 atom stereocenters. The van der Waals surface area contributed by atoms with E-state index in [4.69, 9.17) is 5.11 Å². The number of aldehydes is 1. The Morgan fingerprint density at radius 1 is 1.40 bits per heavy atom. The molecule has 0 aromatic heterocycles. The van der Waals surface area contributed by atoms with E-state index in [1.54, 1.807) is 6.08 Å². The van der Waals surface area contributed by atoms with Crippen LogP contribution in [0.25, 0.3) is 0 Å². The van der Waals surface area contributed by atoms with Crippen molar-refractivity contribution in [3.05, 3.63) is 12.2 Å². The zero-order valence-corrected chi connectivity index (χ0v) is 9.87. The van der Waals surface area contributed by atoms with Crippen LogP contribution in [0.1, 0.15) is 19.8 Å². The van der Waals surface area contributed by atoms with Crippen molar-refractivity contribution in [1.29, 1.82) is 0 Å². The largest absolute Gasteiger partial charge is 0.396 e. The number of carbonyl (C=O) groups is 1. The average Bonchev–Trinajstić information content (AvgIpc) is 2.16. The van der Waals surface area contributed by atoms with E-state index in [1.807, 2.05) is 6.92 Å². The third-order valence-corrected chi connectivity index (χ3v) is 1.61. The molecular formula is C9H18O5S. The SMILES string of the molecule is CCCOS(C)(=O)=O.O=CC=CCCO. The summed E-state index contributed by atoms with van der Waals surface area (Å²) in [5, 5.41) is 8.13. The van der Waals surface area contributed by atoms with Crippen LogP contribution >= 0.6 is 0 Å². The van der Waals surface area contributed by atoms with Gasteiger partial charge in [0.25, 0.3) is 10.1 Å². The van der Waals surface area contributed by atoms with Crippen LogP contribution < -0.4 is 0 Å². The first-order valence-corrected chi connectivity index (χ1v) is 6.35.